The largest absolute Gasteiger partial charge is 0.778 e. The molecule has 2 aliphatic rings. The maximum absolute atomic E-state index is 12.4. The van der Waals surface area contributed by atoms with Crippen molar-refractivity contribution in [2.45, 2.75) is 51.1 Å². The Hall–Kier alpha value is -1.92. The Kier molecular flexibility index (Phi) is 8.16. The third-order valence-corrected chi connectivity index (χ3v) is 8.92. The van der Waals surface area contributed by atoms with E-state index >= 15 is 0 Å². The van der Waals surface area contributed by atoms with Gasteiger partial charge in [0, 0.05) is 24.8 Å². The second-order valence-electron chi connectivity index (χ2n) is 8.92. The maximum Gasteiger partial charge on any atom is 0.330 e. The predicted octanol–water partition coefficient (Wildman–Crippen LogP) is 0.498. The molecule has 0 saturated carbocycles. The maximum atomic E-state index is 12.4. The highest BCUT2D eigenvalue weighted by Crippen LogP contribution is 2.56. The number of hydrogen-bond donors (Lipinski definition) is 1. The first-order chi connectivity index (χ1) is 16.9. The minimum Gasteiger partial charge on any atom is -0.778 e. The zero-order valence-electron chi connectivity index (χ0n) is 19.5. The van der Waals surface area contributed by atoms with Gasteiger partial charge in [0.2, 0.25) is 0 Å². The average molecular weight is 544 g/mol. The molecule has 3 heterocycles. The van der Waals surface area contributed by atoms with Crippen LogP contribution in [0.2, 0.25) is 0 Å². The summed E-state index contributed by atoms with van der Waals surface area (Å²) in [4.78, 5) is 50.2. The molecule has 13 nitrogen and oxygen atoms in total. The Morgan fingerprint density at radius 1 is 1.06 bits per heavy atom. The predicted molar refractivity (Wildman–Crippen MR) is 121 cm³/mol. The van der Waals surface area contributed by atoms with Crippen LogP contribution >= 0.6 is 15.4 Å². The number of rotatable bonds is 10. The normalized spacial score (nSPS) is 29.1. The van der Waals surface area contributed by atoms with Crippen molar-refractivity contribution in [1.82, 2.24) is 9.55 Å². The molecule has 15 heteroatoms. The first-order valence-electron chi connectivity index (χ1n) is 11.2. The number of aromatic nitrogens is 2. The van der Waals surface area contributed by atoms with Crippen molar-refractivity contribution in [2.75, 3.05) is 12.8 Å². The van der Waals surface area contributed by atoms with E-state index in [-0.39, 0.29) is 5.92 Å². The number of nitrogens with zero attached hydrogens (tertiary/aromatic N) is 1. The number of nitrogens with one attached hydrogen (secondary N) is 1. The Morgan fingerprint density at radius 2 is 1.75 bits per heavy atom. The minimum atomic E-state index is -5.25. The number of ether oxygens (including phenoxy) is 3. The Labute approximate surface area is 206 Å². The van der Waals surface area contributed by atoms with Crippen molar-refractivity contribution < 1.29 is 42.0 Å². The van der Waals surface area contributed by atoms with Gasteiger partial charge in [0.25, 0.3) is 13.4 Å². The van der Waals surface area contributed by atoms with E-state index in [1.165, 1.54) is 6.20 Å². The van der Waals surface area contributed by atoms with Crippen LogP contribution in [0.1, 0.15) is 25.6 Å². The molecule has 36 heavy (non-hydrogen) atoms. The molecule has 7 atom stereocenters. The second-order valence-corrected chi connectivity index (χ2v) is 12.3. The molecule has 0 amide bonds. The summed E-state index contributed by atoms with van der Waals surface area (Å²) >= 11 is 0. The van der Waals surface area contributed by atoms with Crippen molar-refractivity contribution in [3.05, 3.63) is 69.0 Å². The summed E-state index contributed by atoms with van der Waals surface area (Å²) in [5.41, 5.74) is -0.450. The SMILES string of the molecule is CC(C)CP(=O)([O-])OP(=O)([O-])OC[C@H]1O[C@@H](n2ccc(=O)[nH]c2=O)C2OC(Cc3ccccc3)O[C@H]21. The molecule has 0 radical (unpaired) electrons. The van der Waals surface area contributed by atoms with Crippen molar-refractivity contribution in [3.63, 3.8) is 0 Å². The van der Waals surface area contributed by atoms with Gasteiger partial charge < -0.3 is 33.1 Å². The topological polar surface area (TPSA) is 181 Å². The molecule has 2 aromatic rings. The quantitative estimate of drug-likeness (QED) is 0.411. The molecule has 1 aromatic heterocycles. The van der Waals surface area contributed by atoms with Crippen LogP contribution in [0, 0.1) is 5.92 Å². The van der Waals surface area contributed by atoms with Crippen molar-refractivity contribution >= 4 is 15.4 Å². The third kappa shape index (κ3) is 6.69. The van der Waals surface area contributed by atoms with Gasteiger partial charge in [-0.05, 0) is 11.5 Å². The molecule has 1 aromatic carbocycles. The van der Waals surface area contributed by atoms with Crippen LogP contribution in [0.4, 0.5) is 0 Å². The van der Waals surface area contributed by atoms with Crippen LogP contribution in [0.15, 0.2) is 52.2 Å². The van der Waals surface area contributed by atoms with E-state index in [9.17, 15) is 28.5 Å². The summed E-state index contributed by atoms with van der Waals surface area (Å²) in [5, 5.41) is 0. The standard InChI is InChI=1S/C21H28N2O11P2/c1-13(2)12-35(26,27)34-36(28,29)30-11-15-18-19(20(31-15)23-9-8-16(24)22-21(23)25)33-17(32-18)10-14-6-4-3-5-7-14/h3-9,13,15,17-20H,10-12H2,1-2H3,(H,26,27)(H,28,29)(H,22,24,25)/p-2/t15-,17?,18+,19?,20-/m1/s1. The summed E-state index contributed by atoms with van der Waals surface area (Å²) in [6.07, 6.45) is -3.49. The van der Waals surface area contributed by atoms with E-state index in [0.717, 1.165) is 16.2 Å². The Balaban J connectivity index is 1.51. The summed E-state index contributed by atoms with van der Waals surface area (Å²) in [7, 11) is -9.95. The lowest BCUT2D eigenvalue weighted by atomic mass is 10.1. The third-order valence-electron chi connectivity index (χ3n) is 5.48. The highest BCUT2D eigenvalue weighted by atomic mass is 31.3. The summed E-state index contributed by atoms with van der Waals surface area (Å²) in [6.45, 7) is 2.54. The van der Waals surface area contributed by atoms with Gasteiger partial charge in [0.1, 0.15) is 25.9 Å². The van der Waals surface area contributed by atoms with Crippen LogP contribution in [-0.2, 0) is 38.6 Å². The van der Waals surface area contributed by atoms with Gasteiger partial charge in [-0.1, -0.05) is 44.2 Å². The number of phosphoric acid groups is 1. The van der Waals surface area contributed by atoms with E-state index in [1.54, 1.807) is 13.8 Å². The zero-order valence-corrected chi connectivity index (χ0v) is 21.2. The van der Waals surface area contributed by atoms with E-state index in [1.807, 2.05) is 30.3 Å². The number of hydrogen-bond acceptors (Lipinski definition) is 11. The van der Waals surface area contributed by atoms with Crippen LogP contribution in [0.5, 0.6) is 0 Å². The zero-order chi connectivity index (χ0) is 26.1. The Bertz CT molecular complexity index is 1260. The smallest absolute Gasteiger partial charge is 0.330 e. The van der Waals surface area contributed by atoms with Gasteiger partial charge in [-0.2, -0.15) is 0 Å². The van der Waals surface area contributed by atoms with Crippen LogP contribution in [0.3, 0.4) is 0 Å². The van der Waals surface area contributed by atoms with Gasteiger partial charge in [-0.15, -0.1) is 0 Å². The van der Waals surface area contributed by atoms with E-state index in [0.29, 0.717) is 6.42 Å². The summed E-state index contributed by atoms with van der Waals surface area (Å²) in [5.74, 6) is -0.353. The molecule has 4 rings (SSSR count). The van der Waals surface area contributed by atoms with E-state index < -0.39 is 70.3 Å². The van der Waals surface area contributed by atoms with Gasteiger partial charge in [-0.3, -0.25) is 23.2 Å². The highest BCUT2D eigenvalue weighted by molar-refractivity contribution is 7.62. The van der Waals surface area contributed by atoms with Crippen molar-refractivity contribution in [3.8, 4) is 0 Å². The van der Waals surface area contributed by atoms with Crippen LogP contribution in [0.25, 0.3) is 0 Å². The molecule has 2 saturated heterocycles. The minimum absolute atomic E-state index is 0.353. The first kappa shape index (κ1) is 27.1. The lowest BCUT2D eigenvalue weighted by molar-refractivity contribution is -0.234. The monoisotopic (exact) mass is 544 g/mol. The van der Waals surface area contributed by atoms with E-state index in [4.69, 9.17) is 18.7 Å². The number of phosphoric ester groups is 1. The first-order valence-corrected chi connectivity index (χ1v) is 14.4. The molecule has 0 bridgehead atoms. The lowest BCUT2D eigenvalue weighted by Gasteiger charge is -2.33. The average Bonchev–Trinajstić information content (AvgIpc) is 3.30. The molecule has 0 spiro atoms. The number of H-pyrrole nitrogens is 1. The second kappa shape index (κ2) is 10.8. The van der Waals surface area contributed by atoms with Crippen LogP contribution < -0.4 is 21.0 Å². The fourth-order valence-corrected chi connectivity index (χ4v) is 7.01. The number of aromatic amines is 1. The molecule has 198 valence electrons. The Morgan fingerprint density at radius 3 is 2.42 bits per heavy atom. The van der Waals surface area contributed by atoms with Gasteiger partial charge >= 0.3 is 5.69 Å². The highest BCUT2D eigenvalue weighted by Gasteiger charge is 2.54. The molecule has 0 aliphatic carbocycles. The molecule has 2 aliphatic heterocycles. The molecular formula is C21H26N2O11P2-2. The number of fused-ring (bicyclic) bond motifs is 1. The summed E-state index contributed by atoms with van der Waals surface area (Å²) < 4.78 is 52.2. The van der Waals surface area contributed by atoms with Gasteiger partial charge in [-0.25, -0.2) is 4.79 Å². The van der Waals surface area contributed by atoms with Crippen molar-refractivity contribution in [1.29, 1.82) is 0 Å². The van der Waals surface area contributed by atoms with Crippen molar-refractivity contribution in [2.24, 2.45) is 5.92 Å². The molecular weight excluding hydrogens is 518 g/mol. The molecule has 1 N–H and O–H groups in total. The fourth-order valence-electron chi connectivity index (χ4n) is 4.11. The molecule has 4 unspecified atom stereocenters. The van der Waals surface area contributed by atoms with Crippen LogP contribution in [-0.4, -0.2) is 46.9 Å². The lowest BCUT2D eigenvalue weighted by Crippen LogP contribution is -2.36. The van der Waals surface area contributed by atoms with E-state index in [2.05, 4.69) is 9.29 Å². The summed E-state index contributed by atoms with van der Waals surface area (Å²) in [6, 6.07) is 10.5. The molecule has 2 fully saturated rings. The fraction of sp³-hybridized carbons (Fsp3) is 0.524. The van der Waals surface area contributed by atoms with Gasteiger partial charge in [0.15, 0.2) is 12.5 Å². The van der Waals surface area contributed by atoms with Gasteiger partial charge in [0.05, 0.1) is 6.61 Å². The number of benzene rings is 1.